The molecule has 0 aromatic heterocycles. The molecule has 0 bridgehead atoms. The van der Waals surface area contributed by atoms with Crippen LogP contribution in [0.1, 0.15) is 12.8 Å². The molecule has 0 radical (unpaired) electrons. The second-order valence-corrected chi connectivity index (χ2v) is 5.94. The van der Waals surface area contributed by atoms with Crippen LogP contribution in [0.15, 0.2) is 0 Å². The van der Waals surface area contributed by atoms with E-state index in [2.05, 4.69) is 0 Å². The van der Waals surface area contributed by atoms with Gasteiger partial charge in [-0.2, -0.15) is 0 Å². The summed E-state index contributed by atoms with van der Waals surface area (Å²) < 4.78 is 10.9. The highest BCUT2D eigenvalue weighted by atomic mass is 35.5. The van der Waals surface area contributed by atoms with Crippen molar-refractivity contribution < 1.29 is 18.9 Å². The zero-order valence-electron chi connectivity index (χ0n) is 8.89. The Kier molecular flexibility index (Phi) is 4.73. The summed E-state index contributed by atoms with van der Waals surface area (Å²) in [6, 6.07) is -0.903. The molecule has 0 saturated carbocycles. The Labute approximate surface area is 101 Å². The molecule has 0 spiro atoms. The summed E-state index contributed by atoms with van der Waals surface area (Å²) in [4.78, 5) is 23.8. The maximum Gasteiger partial charge on any atom is 0.326 e. The van der Waals surface area contributed by atoms with Gasteiger partial charge in [0.2, 0.25) is 5.91 Å². The third-order valence-corrected chi connectivity index (χ3v) is 3.55. The number of carbonyl (C=O) groups is 2. The van der Waals surface area contributed by atoms with E-state index in [-0.39, 0.29) is 36.4 Å². The lowest BCUT2D eigenvalue weighted by atomic mass is 10.2. The molecule has 1 aliphatic rings. The highest BCUT2D eigenvalue weighted by Crippen LogP contribution is 2.20. The Morgan fingerprint density at radius 1 is 1.75 bits per heavy atom. The van der Waals surface area contributed by atoms with E-state index >= 15 is 0 Å². The normalized spacial score (nSPS) is 24.5. The maximum atomic E-state index is 11.5. The molecule has 7 heteroatoms. The van der Waals surface area contributed by atoms with Crippen LogP contribution in [-0.2, 0) is 20.4 Å². The molecule has 1 fully saturated rings. The Balaban J connectivity index is 2.66. The molecule has 1 N–H and O–H groups in total. The summed E-state index contributed by atoms with van der Waals surface area (Å²) in [5, 5.41) is 8.70. The quantitative estimate of drug-likeness (QED) is 0.714. The first-order valence-corrected chi connectivity index (χ1v) is 7.04. The lowest BCUT2D eigenvalue weighted by Gasteiger charge is -2.23. The molecule has 3 atom stereocenters. The SMILES string of the molecule is CS(=O)CC[C@@H](C(=O)O)N1CC(Cl)CC1=O. The van der Waals surface area contributed by atoms with Gasteiger partial charge >= 0.3 is 5.97 Å². The fourth-order valence-corrected chi connectivity index (χ4v) is 2.51. The lowest BCUT2D eigenvalue weighted by Crippen LogP contribution is -2.43. The van der Waals surface area contributed by atoms with Crippen molar-refractivity contribution in [3.8, 4) is 0 Å². The third-order valence-electron chi connectivity index (χ3n) is 2.45. The largest absolute Gasteiger partial charge is 0.480 e. The number of alkyl halides is 1. The van der Waals surface area contributed by atoms with E-state index < -0.39 is 22.8 Å². The van der Waals surface area contributed by atoms with Gasteiger partial charge in [0.05, 0.1) is 5.38 Å². The molecule has 1 saturated heterocycles. The summed E-state index contributed by atoms with van der Waals surface area (Å²) >= 11 is 5.80. The average Bonchev–Trinajstić information content (AvgIpc) is 2.45. The average molecular weight is 268 g/mol. The summed E-state index contributed by atoms with van der Waals surface area (Å²) in [5.74, 6) is -1.04. The van der Waals surface area contributed by atoms with Crippen LogP contribution in [0.25, 0.3) is 0 Å². The Morgan fingerprint density at radius 3 is 2.75 bits per heavy atom. The summed E-state index contributed by atoms with van der Waals surface area (Å²) in [6.07, 6.45) is 1.89. The number of hydrogen-bond acceptors (Lipinski definition) is 3. The first-order valence-electron chi connectivity index (χ1n) is 4.88. The zero-order chi connectivity index (χ0) is 12.3. The number of halogens is 1. The van der Waals surface area contributed by atoms with Gasteiger partial charge in [-0.3, -0.25) is 9.00 Å². The van der Waals surface area contributed by atoms with Crippen LogP contribution < -0.4 is 0 Å². The van der Waals surface area contributed by atoms with Crippen LogP contribution in [0.3, 0.4) is 0 Å². The van der Waals surface area contributed by atoms with Crippen LogP contribution in [0.2, 0.25) is 0 Å². The molecule has 0 aromatic carbocycles. The molecule has 92 valence electrons. The molecule has 1 aliphatic heterocycles. The number of amides is 1. The predicted molar refractivity (Wildman–Crippen MR) is 60.9 cm³/mol. The third kappa shape index (κ3) is 3.45. The first kappa shape index (κ1) is 13.4. The Morgan fingerprint density at radius 2 is 2.38 bits per heavy atom. The second-order valence-electron chi connectivity index (χ2n) is 3.77. The Hall–Kier alpha value is -0.620. The van der Waals surface area contributed by atoms with Crippen LogP contribution in [0, 0.1) is 0 Å². The molecule has 5 nitrogen and oxygen atoms in total. The number of carboxylic acid groups (broad SMARTS) is 1. The fraction of sp³-hybridized carbons (Fsp3) is 0.778. The summed E-state index contributed by atoms with van der Waals surface area (Å²) in [7, 11) is -1.06. The van der Waals surface area contributed by atoms with Gasteiger partial charge in [-0.1, -0.05) is 0 Å². The highest BCUT2D eigenvalue weighted by Gasteiger charge is 2.36. The van der Waals surface area contributed by atoms with Gasteiger partial charge in [-0.15, -0.1) is 11.6 Å². The maximum absolute atomic E-state index is 11.5. The van der Waals surface area contributed by atoms with E-state index in [4.69, 9.17) is 16.7 Å². The van der Waals surface area contributed by atoms with Crippen molar-refractivity contribution in [1.82, 2.24) is 4.90 Å². The van der Waals surface area contributed by atoms with E-state index in [1.165, 1.54) is 11.2 Å². The second kappa shape index (κ2) is 5.63. The van der Waals surface area contributed by atoms with Crippen molar-refractivity contribution in [3.63, 3.8) is 0 Å². The van der Waals surface area contributed by atoms with Crippen molar-refractivity contribution in [3.05, 3.63) is 0 Å². The molecular weight excluding hydrogens is 254 g/mol. The van der Waals surface area contributed by atoms with E-state index in [0.717, 1.165) is 0 Å². The molecular formula is C9H14ClNO4S. The highest BCUT2D eigenvalue weighted by molar-refractivity contribution is 7.84. The van der Waals surface area contributed by atoms with Crippen LogP contribution >= 0.6 is 11.6 Å². The monoisotopic (exact) mass is 267 g/mol. The number of carbonyl (C=O) groups excluding carboxylic acids is 1. The van der Waals surface area contributed by atoms with Gasteiger partial charge in [-0.25, -0.2) is 4.79 Å². The molecule has 2 unspecified atom stereocenters. The van der Waals surface area contributed by atoms with Crippen LogP contribution in [0.5, 0.6) is 0 Å². The van der Waals surface area contributed by atoms with Crippen LogP contribution in [-0.4, -0.2) is 56.1 Å². The number of hydrogen-bond donors (Lipinski definition) is 1. The fourth-order valence-electron chi connectivity index (χ4n) is 1.68. The van der Waals surface area contributed by atoms with Gasteiger partial charge in [-0.05, 0) is 6.42 Å². The van der Waals surface area contributed by atoms with Gasteiger partial charge in [0.25, 0.3) is 0 Å². The van der Waals surface area contributed by atoms with Crippen molar-refractivity contribution in [2.75, 3.05) is 18.6 Å². The minimum atomic E-state index is -1.07. The smallest absolute Gasteiger partial charge is 0.326 e. The van der Waals surface area contributed by atoms with Crippen molar-refractivity contribution in [2.45, 2.75) is 24.3 Å². The minimum absolute atomic E-state index is 0.181. The molecule has 1 amide bonds. The standard InChI is InChI=1S/C9H14ClNO4S/c1-16(15)3-2-7(9(13)14)11-5-6(10)4-8(11)12/h6-7H,2-5H2,1H3,(H,13,14)/t6?,7-,16?/m0/s1. The minimum Gasteiger partial charge on any atom is -0.480 e. The number of nitrogens with zero attached hydrogens (tertiary/aromatic N) is 1. The van der Waals surface area contributed by atoms with Crippen molar-refractivity contribution in [2.24, 2.45) is 0 Å². The first-order chi connectivity index (χ1) is 7.41. The number of rotatable bonds is 5. The number of aliphatic carboxylic acids is 1. The van der Waals surface area contributed by atoms with Gasteiger partial charge in [0.1, 0.15) is 6.04 Å². The number of likely N-dealkylation sites (tertiary alicyclic amines) is 1. The molecule has 0 aromatic rings. The summed E-state index contributed by atoms with van der Waals surface area (Å²) in [5.41, 5.74) is 0. The van der Waals surface area contributed by atoms with Crippen LogP contribution in [0.4, 0.5) is 0 Å². The zero-order valence-corrected chi connectivity index (χ0v) is 10.5. The lowest BCUT2D eigenvalue weighted by molar-refractivity contribution is -0.148. The molecule has 1 heterocycles. The van der Waals surface area contributed by atoms with Crippen molar-refractivity contribution in [1.29, 1.82) is 0 Å². The molecule has 1 rings (SSSR count). The van der Waals surface area contributed by atoms with E-state index in [1.807, 2.05) is 0 Å². The van der Waals surface area contributed by atoms with Gasteiger partial charge < -0.3 is 10.0 Å². The summed E-state index contributed by atoms with van der Waals surface area (Å²) in [6.45, 7) is 0.258. The van der Waals surface area contributed by atoms with Gasteiger partial charge in [0.15, 0.2) is 0 Å². The number of carboxylic acids is 1. The van der Waals surface area contributed by atoms with E-state index in [1.54, 1.807) is 0 Å². The van der Waals surface area contributed by atoms with Crippen molar-refractivity contribution >= 4 is 34.3 Å². The molecule has 0 aliphatic carbocycles. The predicted octanol–water partition coefficient (Wildman–Crippen LogP) is 0.0479. The van der Waals surface area contributed by atoms with E-state index in [9.17, 15) is 13.8 Å². The van der Waals surface area contributed by atoms with Gasteiger partial charge in [0, 0.05) is 35.8 Å². The topological polar surface area (TPSA) is 74.7 Å². The van der Waals surface area contributed by atoms with E-state index in [0.29, 0.717) is 0 Å². The Bertz CT molecular complexity index is 323. The molecule has 16 heavy (non-hydrogen) atoms.